The second-order valence-electron chi connectivity index (χ2n) is 5.31. The molecule has 0 aliphatic heterocycles. The standard InChI is InChI=1S/C20H19NO3S/c1-2-23-17-10-8-16(9-11-17)21-20(22)15-5-3-6-18(13-15)24-14-19-7-4-12-25-19/h3-13H,2,14H2,1H3,(H,21,22). The van der Waals surface area contributed by atoms with Crippen LogP contribution in [0.25, 0.3) is 0 Å². The fraction of sp³-hybridized carbons (Fsp3) is 0.150. The summed E-state index contributed by atoms with van der Waals surface area (Å²) in [6.45, 7) is 3.05. The van der Waals surface area contributed by atoms with Gasteiger partial charge in [0.2, 0.25) is 0 Å². The molecule has 0 atom stereocenters. The summed E-state index contributed by atoms with van der Waals surface area (Å²) in [5, 5.41) is 4.89. The zero-order valence-electron chi connectivity index (χ0n) is 13.9. The average molecular weight is 353 g/mol. The summed E-state index contributed by atoms with van der Waals surface area (Å²) >= 11 is 1.64. The Kier molecular flexibility index (Phi) is 5.69. The van der Waals surface area contributed by atoms with Crippen molar-refractivity contribution in [2.45, 2.75) is 13.5 Å². The molecule has 2 aromatic carbocycles. The van der Waals surface area contributed by atoms with Crippen molar-refractivity contribution in [3.8, 4) is 11.5 Å². The number of nitrogens with one attached hydrogen (secondary N) is 1. The molecule has 128 valence electrons. The Morgan fingerprint density at radius 3 is 2.56 bits per heavy atom. The summed E-state index contributed by atoms with van der Waals surface area (Å²) < 4.78 is 11.1. The Labute approximate surface area is 151 Å². The van der Waals surface area contributed by atoms with Crippen LogP contribution in [0.4, 0.5) is 5.69 Å². The van der Waals surface area contributed by atoms with E-state index in [1.807, 2.05) is 60.8 Å². The minimum atomic E-state index is -0.175. The van der Waals surface area contributed by atoms with Gasteiger partial charge >= 0.3 is 0 Å². The van der Waals surface area contributed by atoms with Crippen LogP contribution in [0.2, 0.25) is 0 Å². The first-order valence-corrected chi connectivity index (χ1v) is 8.92. The molecule has 1 aromatic heterocycles. The number of carbonyl (C=O) groups is 1. The Morgan fingerprint density at radius 1 is 1.00 bits per heavy atom. The molecule has 1 N–H and O–H groups in total. The van der Waals surface area contributed by atoms with Crippen molar-refractivity contribution in [2.75, 3.05) is 11.9 Å². The van der Waals surface area contributed by atoms with Gasteiger partial charge in [0, 0.05) is 16.1 Å². The van der Waals surface area contributed by atoms with Crippen molar-refractivity contribution in [3.63, 3.8) is 0 Å². The Hall–Kier alpha value is -2.79. The molecule has 1 amide bonds. The summed E-state index contributed by atoms with van der Waals surface area (Å²) in [7, 11) is 0. The van der Waals surface area contributed by atoms with Crippen molar-refractivity contribution < 1.29 is 14.3 Å². The molecule has 0 fully saturated rings. The maximum Gasteiger partial charge on any atom is 0.255 e. The summed E-state index contributed by atoms with van der Waals surface area (Å²) in [4.78, 5) is 13.6. The number of thiophene rings is 1. The molecular weight excluding hydrogens is 334 g/mol. The van der Waals surface area contributed by atoms with Crippen LogP contribution in [0.1, 0.15) is 22.2 Å². The van der Waals surface area contributed by atoms with Crippen molar-refractivity contribution in [1.82, 2.24) is 0 Å². The maximum atomic E-state index is 12.4. The normalized spacial score (nSPS) is 10.3. The number of carbonyl (C=O) groups excluding carboxylic acids is 1. The minimum absolute atomic E-state index is 0.175. The van der Waals surface area contributed by atoms with Crippen LogP contribution in [-0.4, -0.2) is 12.5 Å². The van der Waals surface area contributed by atoms with Gasteiger partial charge < -0.3 is 14.8 Å². The molecular formula is C20H19NO3S. The molecule has 3 rings (SSSR count). The lowest BCUT2D eigenvalue weighted by atomic mass is 10.2. The molecule has 5 heteroatoms. The third-order valence-electron chi connectivity index (χ3n) is 3.48. The number of hydrogen-bond donors (Lipinski definition) is 1. The second-order valence-corrected chi connectivity index (χ2v) is 6.34. The predicted octanol–water partition coefficient (Wildman–Crippen LogP) is 4.98. The lowest BCUT2D eigenvalue weighted by molar-refractivity contribution is 0.102. The van der Waals surface area contributed by atoms with Crippen molar-refractivity contribution >= 4 is 22.9 Å². The van der Waals surface area contributed by atoms with Crippen LogP contribution < -0.4 is 14.8 Å². The Balaban J connectivity index is 1.62. The van der Waals surface area contributed by atoms with Crippen LogP contribution in [0.15, 0.2) is 66.0 Å². The van der Waals surface area contributed by atoms with E-state index < -0.39 is 0 Å². The summed E-state index contributed by atoms with van der Waals surface area (Å²) in [5.74, 6) is 1.28. The van der Waals surface area contributed by atoms with E-state index in [0.29, 0.717) is 24.5 Å². The monoisotopic (exact) mass is 353 g/mol. The first-order chi connectivity index (χ1) is 12.2. The Morgan fingerprint density at radius 2 is 1.84 bits per heavy atom. The summed E-state index contributed by atoms with van der Waals surface area (Å²) in [6, 6.07) is 18.5. The van der Waals surface area contributed by atoms with Gasteiger partial charge in [-0.15, -0.1) is 11.3 Å². The second kappa shape index (κ2) is 8.35. The number of rotatable bonds is 7. The van der Waals surface area contributed by atoms with Gasteiger partial charge in [0.25, 0.3) is 5.91 Å². The fourth-order valence-electron chi connectivity index (χ4n) is 2.28. The first kappa shape index (κ1) is 17.0. The van der Waals surface area contributed by atoms with Crippen LogP contribution >= 0.6 is 11.3 Å². The van der Waals surface area contributed by atoms with E-state index in [-0.39, 0.29) is 5.91 Å². The van der Waals surface area contributed by atoms with E-state index in [1.54, 1.807) is 23.5 Å². The van der Waals surface area contributed by atoms with Crippen molar-refractivity contribution in [2.24, 2.45) is 0 Å². The van der Waals surface area contributed by atoms with E-state index in [4.69, 9.17) is 9.47 Å². The third-order valence-corrected chi connectivity index (χ3v) is 4.33. The van der Waals surface area contributed by atoms with Crippen LogP contribution in [0.5, 0.6) is 11.5 Å². The molecule has 0 saturated carbocycles. The van der Waals surface area contributed by atoms with Gasteiger partial charge in [0.15, 0.2) is 0 Å². The molecule has 4 nitrogen and oxygen atoms in total. The van der Waals surface area contributed by atoms with Crippen LogP contribution in [0, 0.1) is 0 Å². The molecule has 0 spiro atoms. The molecule has 0 saturated heterocycles. The fourth-order valence-corrected chi connectivity index (χ4v) is 2.90. The Bertz CT molecular complexity index is 813. The lowest BCUT2D eigenvalue weighted by Crippen LogP contribution is -2.11. The topological polar surface area (TPSA) is 47.6 Å². The van der Waals surface area contributed by atoms with Gasteiger partial charge in [-0.25, -0.2) is 0 Å². The molecule has 0 radical (unpaired) electrons. The van der Waals surface area contributed by atoms with Crippen molar-refractivity contribution in [1.29, 1.82) is 0 Å². The number of ether oxygens (including phenoxy) is 2. The average Bonchev–Trinajstić information content (AvgIpc) is 3.16. The largest absolute Gasteiger partial charge is 0.494 e. The van der Waals surface area contributed by atoms with Gasteiger partial charge in [-0.2, -0.15) is 0 Å². The minimum Gasteiger partial charge on any atom is -0.494 e. The SMILES string of the molecule is CCOc1ccc(NC(=O)c2cccc(OCc3cccs3)c2)cc1. The van der Waals surface area contributed by atoms with Crippen LogP contribution in [0.3, 0.4) is 0 Å². The molecule has 0 aliphatic carbocycles. The van der Waals surface area contributed by atoms with E-state index >= 15 is 0 Å². The smallest absolute Gasteiger partial charge is 0.255 e. The highest BCUT2D eigenvalue weighted by molar-refractivity contribution is 7.09. The van der Waals surface area contributed by atoms with Gasteiger partial charge in [-0.1, -0.05) is 12.1 Å². The summed E-state index contributed by atoms with van der Waals surface area (Å²) in [5.41, 5.74) is 1.27. The molecule has 0 unspecified atom stereocenters. The van der Waals surface area contributed by atoms with Gasteiger partial charge in [-0.05, 0) is 60.8 Å². The molecule has 0 aliphatic rings. The molecule has 3 aromatic rings. The zero-order valence-corrected chi connectivity index (χ0v) is 14.7. The lowest BCUT2D eigenvalue weighted by Gasteiger charge is -2.09. The highest BCUT2D eigenvalue weighted by Gasteiger charge is 2.08. The molecule has 0 bridgehead atoms. The molecule has 25 heavy (non-hydrogen) atoms. The van der Waals surface area contributed by atoms with Gasteiger partial charge in [-0.3, -0.25) is 4.79 Å². The highest BCUT2D eigenvalue weighted by Crippen LogP contribution is 2.19. The van der Waals surface area contributed by atoms with Gasteiger partial charge in [0.1, 0.15) is 18.1 Å². The maximum absolute atomic E-state index is 12.4. The van der Waals surface area contributed by atoms with E-state index in [0.717, 1.165) is 16.3 Å². The molecule has 1 heterocycles. The number of amides is 1. The number of anilines is 1. The van der Waals surface area contributed by atoms with Crippen molar-refractivity contribution in [3.05, 3.63) is 76.5 Å². The third kappa shape index (κ3) is 4.84. The van der Waals surface area contributed by atoms with E-state index in [9.17, 15) is 4.79 Å². The first-order valence-electron chi connectivity index (χ1n) is 8.04. The van der Waals surface area contributed by atoms with E-state index in [1.165, 1.54) is 0 Å². The number of benzene rings is 2. The zero-order chi connectivity index (χ0) is 17.5. The summed E-state index contributed by atoms with van der Waals surface area (Å²) in [6.07, 6.45) is 0. The van der Waals surface area contributed by atoms with Gasteiger partial charge in [0.05, 0.1) is 6.61 Å². The predicted molar refractivity (Wildman–Crippen MR) is 101 cm³/mol. The highest BCUT2D eigenvalue weighted by atomic mass is 32.1. The van der Waals surface area contributed by atoms with E-state index in [2.05, 4.69) is 5.32 Å². The van der Waals surface area contributed by atoms with Crippen LogP contribution in [-0.2, 0) is 6.61 Å². The number of hydrogen-bond acceptors (Lipinski definition) is 4. The quantitative estimate of drug-likeness (QED) is 0.652.